The number of benzene rings is 1. The van der Waals surface area contributed by atoms with Gasteiger partial charge in [-0.05, 0) is 30.3 Å². The Balaban J connectivity index is 2.40. The maximum atomic E-state index is 11.2. The Morgan fingerprint density at radius 2 is 2.17 bits per heavy atom. The molecular weight excluding hydrogens is 255 g/mol. The molecule has 0 saturated carbocycles. The van der Waals surface area contributed by atoms with E-state index in [0.29, 0.717) is 16.6 Å². The van der Waals surface area contributed by atoms with Crippen LogP contribution in [0.3, 0.4) is 0 Å². The number of pyridine rings is 1. The molecule has 1 atom stereocenters. The summed E-state index contributed by atoms with van der Waals surface area (Å²) in [5, 5.41) is 9.41. The topological polar surface area (TPSA) is 92.4 Å². The van der Waals surface area contributed by atoms with Crippen LogP contribution >= 0.6 is 7.82 Å². The van der Waals surface area contributed by atoms with Gasteiger partial charge in [0.1, 0.15) is 17.5 Å². The van der Waals surface area contributed by atoms with Gasteiger partial charge in [-0.3, -0.25) is 9.42 Å². The molecule has 2 aromatic rings. The van der Waals surface area contributed by atoms with Crippen LogP contribution in [0.15, 0.2) is 30.3 Å². The molecule has 1 aromatic heterocycles. The SMILES string of the molecule is COP(=O)(O)Oc1ccc2nc(C#N)ccc2c1. The Hall–Kier alpha value is -1.93. The Bertz CT molecular complexity index is 680. The number of nitriles is 1. The normalized spacial score (nSPS) is 13.8. The molecule has 1 unspecified atom stereocenters. The summed E-state index contributed by atoms with van der Waals surface area (Å²) in [7, 11) is -2.98. The minimum Gasteiger partial charge on any atom is -0.404 e. The van der Waals surface area contributed by atoms with Crippen molar-refractivity contribution in [2.75, 3.05) is 7.11 Å². The molecule has 0 aliphatic heterocycles. The van der Waals surface area contributed by atoms with Gasteiger partial charge < -0.3 is 4.52 Å². The molecule has 18 heavy (non-hydrogen) atoms. The van der Waals surface area contributed by atoms with Crippen LogP contribution in [-0.4, -0.2) is 17.0 Å². The van der Waals surface area contributed by atoms with Gasteiger partial charge in [-0.2, -0.15) is 5.26 Å². The minimum atomic E-state index is -4.06. The number of fused-ring (bicyclic) bond motifs is 1. The van der Waals surface area contributed by atoms with Gasteiger partial charge in [0.25, 0.3) is 0 Å². The second-order valence-corrected chi connectivity index (χ2v) is 4.89. The summed E-state index contributed by atoms with van der Waals surface area (Å²) in [5.74, 6) is 0.196. The van der Waals surface area contributed by atoms with E-state index in [0.717, 1.165) is 7.11 Å². The van der Waals surface area contributed by atoms with E-state index in [-0.39, 0.29) is 5.75 Å². The van der Waals surface area contributed by atoms with E-state index in [1.54, 1.807) is 24.3 Å². The van der Waals surface area contributed by atoms with Gasteiger partial charge in [-0.15, -0.1) is 0 Å². The molecule has 1 N–H and O–H groups in total. The molecule has 0 saturated heterocycles. The summed E-state index contributed by atoms with van der Waals surface area (Å²) in [6.45, 7) is 0. The number of hydrogen-bond acceptors (Lipinski definition) is 5. The Morgan fingerprint density at radius 1 is 1.39 bits per heavy atom. The first-order chi connectivity index (χ1) is 8.54. The average molecular weight is 264 g/mol. The van der Waals surface area contributed by atoms with Crippen molar-refractivity contribution in [2.24, 2.45) is 0 Å². The second-order valence-electron chi connectivity index (χ2n) is 3.41. The zero-order valence-corrected chi connectivity index (χ0v) is 10.3. The number of phosphoric ester groups is 1. The van der Waals surface area contributed by atoms with Crippen LogP contribution in [0.25, 0.3) is 10.9 Å². The lowest BCUT2D eigenvalue weighted by Gasteiger charge is -2.10. The fraction of sp³-hybridized carbons (Fsp3) is 0.0909. The first-order valence-corrected chi connectivity index (χ1v) is 6.43. The van der Waals surface area contributed by atoms with Crippen LogP contribution < -0.4 is 4.52 Å². The fourth-order valence-corrected chi connectivity index (χ4v) is 1.85. The third kappa shape index (κ3) is 2.66. The van der Waals surface area contributed by atoms with E-state index in [1.807, 2.05) is 6.07 Å². The standard InChI is InChI=1S/C11H9N2O4P/c1-16-18(14,15)17-10-4-5-11-8(6-10)2-3-9(7-12)13-11/h2-6H,1H3,(H,14,15). The Morgan fingerprint density at radius 3 is 2.83 bits per heavy atom. The van der Waals surface area contributed by atoms with Crippen LogP contribution in [0.2, 0.25) is 0 Å². The van der Waals surface area contributed by atoms with Crippen molar-refractivity contribution >= 4 is 18.7 Å². The van der Waals surface area contributed by atoms with Crippen LogP contribution in [0, 0.1) is 11.3 Å². The van der Waals surface area contributed by atoms with Crippen molar-refractivity contribution in [1.82, 2.24) is 4.98 Å². The number of rotatable bonds is 3. The summed E-state index contributed by atoms with van der Waals surface area (Å²) < 4.78 is 20.4. The van der Waals surface area contributed by atoms with Gasteiger partial charge in [-0.25, -0.2) is 9.55 Å². The monoisotopic (exact) mass is 264 g/mol. The lowest BCUT2D eigenvalue weighted by Crippen LogP contribution is -1.94. The van der Waals surface area contributed by atoms with Gasteiger partial charge in [0.15, 0.2) is 0 Å². The highest BCUT2D eigenvalue weighted by Crippen LogP contribution is 2.43. The molecule has 0 aliphatic rings. The second kappa shape index (κ2) is 4.75. The van der Waals surface area contributed by atoms with Gasteiger partial charge in [0.2, 0.25) is 0 Å². The summed E-state index contributed by atoms with van der Waals surface area (Å²) in [5.41, 5.74) is 0.910. The molecule has 0 fully saturated rings. The van der Waals surface area contributed by atoms with E-state index < -0.39 is 7.82 Å². The molecule has 1 aromatic carbocycles. The number of hydrogen-bond donors (Lipinski definition) is 1. The highest BCUT2D eigenvalue weighted by molar-refractivity contribution is 7.47. The maximum absolute atomic E-state index is 11.2. The lowest BCUT2D eigenvalue weighted by atomic mass is 10.2. The van der Waals surface area contributed by atoms with Crippen molar-refractivity contribution < 1.29 is 18.5 Å². The summed E-state index contributed by atoms with van der Waals surface area (Å²) in [4.78, 5) is 13.3. The summed E-state index contributed by atoms with van der Waals surface area (Å²) >= 11 is 0. The van der Waals surface area contributed by atoms with Gasteiger partial charge >= 0.3 is 7.82 Å². The molecule has 92 valence electrons. The summed E-state index contributed by atoms with van der Waals surface area (Å²) in [6, 6.07) is 9.80. The minimum absolute atomic E-state index is 0.196. The van der Waals surface area contributed by atoms with E-state index in [4.69, 9.17) is 9.79 Å². The maximum Gasteiger partial charge on any atom is 0.527 e. The van der Waals surface area contributed by atoms with E-state index in [2.05, 4.69) is 9.51 Å². The van der Waals surface area contributed by atoms with Crippen LogP contribution in [0.1, 0.15) is 5.69 Å². The van der Waals surface area contributed by atoms with Crippen LogP contribution in [0.4, 0.5) is 0 Å². The van der Waals surface area contributed by atoms with Crippen molar-refractivity contribution in [2.45, 2.75) is 0 Å². The van der Waals surface area contributed by atoms with Crippen molar-refractivity contribution in [1.29, 1.82) is 5.26 Å². The van der Waals surface area contributed by atoms with E-state index >= 15 is 0 Å². The lowest BCUT2D eigenvalue weighted by molar-refractivity contribution is 0.243. The molecule has 0 aliphatic carbocycles. The zero-order chi connectivity index (χ0) is 13.2. The third-order valence-electron chi connectivity index (χ3n) is 2.23. The zero-order valence-electron chi connectivity index (χ0n) is 9.40. The molecule has 0 spiro atoms. The highest BCUT2D eigenvalue weighted by Gasteiger charge is 2.20. The fourth-order valence-electron chi connectivity index (χ4n) is 1.39. The predicted octanol–water partition coefficient (Wildman–Crippen LogP) is 2.23. The largest absolute Gasteiger partial charge is 0.527 e. The first-order valence-electron chi connectivity index (χ1n) is 4.93. The molecule has 1 heterocycles. The quantitative estimate of drug-likeness (QED) is 0.854. The number of nitrogens with zero attached hydrogens (tertiary/aromatic N) is 2. The molecule has 7 heteroatoms. The molecule has 0 bridgehead atoms. The average Bonchev–Trinajstić information content (AvgIpc) is 2.37. The van der Waals surface area contributed by atoms with Gasteiger partial charge in [0, 0.05) is 12.5 Å². The number of phosphoric acid groups is 1. The molecular formula is C11H9N2O4P. The number of aromatic nitrogens is 1. The summed E-state index contributed by atoms with van der Waals surface area (Å²) in [6.07, 6.45) is 0. The highest BCUT2D eigenvalue weighted by atomic mass is 31.2. The van der Waals surface area contributed by atoms with E-state index in [1.165, 1.54) is 6.07 Å². The molecule has 0 radical (unpaired) electrons. The first kappa shape index (κ1) is 12.5. The Labute approximate surface area is 103 Å². The van der Waals surface area contributed by atoms with Gasteiger partial charge in [-0.1, -0.05) is 0 Å². The Kier molecular flexibility index (Phi) is 3.30. The van der Waals surface area contributed by atoms with Crippen molar-refractivity contribution in [3.63, 3.8) is 0 Å². The predicted molar refractivity (Wildman–Crippen MR) is 63.9 cm³/mol. The third-order valence-corrected chi connectivity index (χ3v) is 3.13. The van der Waals surface area contributed by atoms with Crippen molar-refractivity contribution in [3.05, 3.63) is 36.0 Å². The smallest absolute Gasteiger partial charge is 0.404 e. The van der Waals surface area contributed by atoms with Crippen LogP contribution in [0.5, 0.6) is 5.75 Å². The molecule has 0 amide bonds. The molecule has 2 rings (SSSR count). The van der Waals surface area contributed by atoms with Gasteiger partial charge in [0.05, 0.1) is 5.52 Å². The molecule has 6 nitrogen and oxygen atoms in total. The van der Waals surface area contributed by atoms with Crippen LogP contribution in [-0.2, 0) is 9.09 Å². The van der Waals surface area contributed by atoms with E-state index in [9.17, 15) is 9.46 Å². The van der Waals surface area contributed by atoms with Crippen molar-refractivity contribution in [3.8, 4) is 11.8 Å².